The summed E-state index contributed by atoms with van der Waals surface area (Å²) in [5.41, 5.74) is 6.87. The number of fused-ring (bicyclic) bond motifs is 1. The molecule has 164 valence electrons. The zero-order chi connectivity index (χ0) is 21.3. The smallest absolute Gasteiger partial charge is 0.0995 e. The molecule has 0 N–H and O–H groups in total. The van der Waals surface area contributed by atoms with Crippen LogP contribution in [-0.2, 0) is 24.8 Å². The maximum Gasteiger partial charge on any atom is 0.0995 e. The van der Waals surface area contributed by atoms with Crippen molar-refractivity contribution in [2.45, 2.75) is 37.9 Å². The molecule has 0 spiro atoms. The molecule has 31 heavy (non-hydrogen) atoms. The van der Waals surface area contributed by atoms with Gasteiger partial charge in [0.25, 0.3) is 0 Å². The normalized spacial score (nSPS) is 13.3. The summed E-state index contributed by atoms with van der Waals surface area (Å²) in [5.74, 6) is 1.04. The van der Waals surface area contributed by atoms with Crippen molar-refractivity contribution in [3.05, 3.63) is 93.0 Å². The number of rotatable bonds is 6. The predicted octanol–water partition coefficient (Wildman–Crippen LogP) is 8.27. The van der Waals surface area contributed by atoms with Gasteiger partial charge in [0.15, 0.2) is 0 Å². The van der Waals surface area contributed by atoms with Crippen LogP contribution in [0.5, 0.6) is 0 Å². The van der Waals surface area contributed by atoms with E-state index in [0.29, 0.717) is 21.8 Å². The van der Waals surface area contributed by atoms with Gasteiger partial charge in [0.05, 0.1) is 27.6 Å². The van der Waals surface area contributed by atoms with Crippen molar-refractivity contribution in [2.24, 2.45) is 0 Å². The molecule has 4 rings (SSSR count). The highest BCUT2D eigenvalue weighted by molar-refractivity contribution is 6.42. The van der Waals surface area contributed by atoms with Crippen LogP contribution >= 0.6 is 58.8 Å². The third-order valence-corrected chi connectivity index (χ3v) is 6.94. The maximum atomic E-state index is 6.38. The fraction of sp³-hybridized carbons (Fsp3) is 0.250. The first-order chi connectivity index (χ1) is 14.5. The van der Waals surface area contributed by atoms with Crippen LogP contribution in [0.2, 0.25) is 10.0 Å². The Hall–Kier alpha value is -1.29. The van der Waals surface area contributed by atoms with Crippen molar-refractivity contribution >= 4 is 70.2 Å². The fourth-order valence-corrected chi connectivity index (χ4v) is 4.52. The van der Waals surface area contributed by atoms with Gasteiger partial charge in [0.1, 0.15) is 0 Å². The summed E-state index contributed by atoms with van der Waals surface area (Å²) in [7, 11) is 0. The second-order valence-electron chi connectivity index (χ2n) is 7.54. The highest BCUT2D eigenvalue weighted by Crippen LogP contribution is 2.45. The van der Waals surface area contributed by atoms with E-state index in [9.17, 15) is 0 Å². The van der Waals surface area contributed by atoms with Gasteiger partial charge in [-0.25, -0.2) is 0 Å². The first kappa shape index (κ1) is 24.4. The molecule has 0 saturated heterocycles. The molecular weight excluding hydrogens is 494 g/mol. The van der Waals surface area contributed by atoms with Gasteiger partial charge in [-0.15, -0.1) is 35.6 Å². The van der Waals surface area contributed by atoms with Gasteiger partial charge in [0, 0.05) is 24.8 Å². The van der Waals surface area contributed by atoms with Crippen LogP contribution in [0.25, 0.3) is 0 Å². The molecule has 0 unspecified atom stereocenters. The number of hydrogen-bond donors (Lipinski definition) is 0. The predicted molar refractivity (Wildman–Crippen MR) is 138 cm³/mol. The average Bonchev–Trinajstić information content (AvgIpc) is 3.00. The molecule has 0 aromatic heterocycles. The first-order valence-electron chi connectivity index (χ1n) is 9.80. The summed E-state index contributed by atoms with van der Waals surface area (Å²) < 4.78 is 0. The molecule has 3 aromatic carbocycles. The van der Waals surface area contributed by atoms with Crippen molar-refractivity contribution < 1.29 is 0 Å². The van der Waals surface area contributed by atoms with Gasteiger partial charge >= 0.3 is 0 Å². The largest absolute Gasteiger partial charge is 0.345 e. The van der Waals surface area contributed by atoms with E-state index in [4.69, 9.17) is 46.4 Å². The fourth-order valence-electron chi connectivity index (χ4n) is 3.85. The van der Waals surface area contributed by atoms with Crippen molar-refractivity contribution in [3.8, 4) is 0 Å². The maximum absolute atomic E-state index is 6.38. The SMILES string of the molecule is CC1N(Cc2ccc(CCl)cc2)c2cc(Cl)c(Cl)cc2N1Cc1ccc(CCl)cc1.Cl. The molecule has 1 aliphatic rings. The summed E-state index contributed by atoms with van der Waals surface area (Å²) >= 11 is 24.6. The van der Waals surface area contributed by atoms with Crippen molar-refractivity contribution in [2.75, 3.05) is 9.80 Å². The monoisotopic (exact) mass is 514 g/mol. The lowest BCUT2D eigenvalue weighted by Crippen LogP contribution is -2.40. The van der Waals surface area contributed by atoms with Gasteiger partial charge in [0.2, 0.25) is 0 Å². The second kappa shape index (κ2) is 10.6. The number of anilines is 2. The van der Waals surface area contributed by atoms with Gasteiger partial charge in [-0.2, -0.15) is 0 Å². The summed E-state index contributed by atoms with van der Waals surface area (Å²) in [6.45, 7) is 3.76. The Kier molecular flexibility index (Phi) is 8.29. The average molecular weight is 517 g/mol. The molecule has 0 aliphatic carbocycles. The van der Waals surface area contributed by atoms with Crippen LogP contribution in [0.1, 0.15) is 29.2 Å². The quantitative estimate of drug-likeness (QED) is 0.304. The van der Waals surface area contributed by atoms with Gasteiger partial charge in [-0.1, -0.05) is 71.7 Å². The van der Waals surface area contributed by atoms with E-state index in [2.05, 4.69) is 65.3 Å². The topological polar surface area (TPSA) is 6.48 Å². The third kappa shape index (κ3) is 5.21. The standard InChI is InChI=1S/C24H22Cl4N2.ClH/c1-16-29(14-19-6-2-17(12-25)3-7-19)23-10-21(27)22(28)11-24(23)30(16)15-20-8-4-18(13-26)5-9-20;/h2-11,16H,12-15H2,1H3;1H. The molecule has 3 aromatic rings. The highest BCUT2D eigenvalue weighted by atomic mass is 35.5. The lowest BCUT2D eigenvalue weighted by molar-refractivity contribution is 0.617. The van der Waals surface area contributed by atoms with Gasteiger partial charge in [-0.05, 0) is 41.3 Å². The summed E-state index contributed by atoms with van der Waals surface area (Å²) in [6.07, 6.45) is 0.148. The number of alkyl halides is 2. The Bertz CT molecular complexity index is 939. The summed E-state index contributed by atoms with van der Waals surface area (Å²) in [5, 5.41) is 1.14. The number of benzene rings is 3. The molecule has 0 amide bonds. The van der Waals surface area contributed by atoms with E-state index in [1.807, 2.05) is 12.1 Å². The van der Waals surface area contributed by atoms with E-state index in [-0.39, 0.29) is 18.6 Å². The minimum atomic E-state index is 0. The van der Waals surface area contributed by atoms with Crippen LogP contribution in [0, 0.1) is 0 Å². The Morgan fingerprint density at radius 1 is 0.645 bits per heavy atom. The molecular formula is C24H23Cl5N2. The van der Waals surface area contributed by atoms with E-state index < -0.39 is 0 Å². The zero-order valence-electron chi connectivity index (χ0n) is 17.0. The van der Waals surface area contributed by atoms with Crippen LogP contribution in [0.15, 0.2) is 60.7 Å². The van der Waals surface area contributed by atoms with Crippen LogP contribution < -0.4 is 9.80 Å². The minimum absolute atomic E-state index is 0. The molecule has 1 aliphatic heterocycles. The second-order valence-corrected chi connectivity index (χ2v) is 8.89. The Morgan fingerprint density at radius 3 is 1.29 bits per heavy atom. The van der Waals surface area contributed by atoms with Gasteiger partial charge in [-0.3, -0.25) is 0 Å². The zero-order valence-corrected chi connectivity index (χ0v) is 20.8. The van der Waals surface area contributed by atoms with Crippen molar-refractivity contribution in [3.63, 3.8) is 0 Å². The molecule has 7 heteroatoms. The highest BCUT2D eigenvalue weighted by Gasteiger charge is 2.33. The molecule has 2 nitrogen and oxygen atoms in total. The molecule has 0 radical (unpaired) electrons. The number of halogens is 5. The third-order valence-electron chi connectivity index (χ3n) is 5.60. The molecule has 0 atom stereocenters. The Morgan fingerprint density at radius 2 is 0.968 bits per heavy atom. The lowest BCUT2D eigenvalue weighted by Gasteiger charge is -2.30. The molecule has 0 fully saturated rings. The molecule has 1 heterocycles. The van der Waals surface area contributed by atoms with Crippen LogP contribution in [0.3, 0.4) is 0 Å². The number of nitrogens with zero attached hydrogens (tertiary/aromatic N) is 2. The Balaban J connectivity index is 0.00000272. The van der Waals surface area contributed by atoms with Gasteiger partial charge < -0.3 is 9.80 Å². The minimum Gasteiger partial charge on any atom is -0.345 e. The van der Waals surface area contributed by atoms with Crippen molar-refractivity contribution in [1.82, 2.24) is 0 Å². The van der Waals surface area contributed by atoms with E-state index in [0.717, 1.165) is 35.6 Å². The molecule has 0 saturated carbocycles. The first-order valence-corrected chi connectivity index (χ1v) is 11.6. The summed E-state index contributed by atoms with van der Waals surface area (Å²) in [6, 6.07) is 20.8. The lowest BCUT2D eigenvalue weighted by atomic mass is 10.1. The number of hydrogen-bond acceptors (Lipinski definition) is 2. The van der Waals surface area contributed by atoms with E-state index in [1.54, 1.807) is 0 Å². The van der Waals surface area contributed by atoms with E-state index in [1.165, 1.54) is 11.1 Å². The van der Waals surface area contributed by atoms with Crippen molar-refractivity contribution in [1.29, 1.82) is 0 Å². The summed E-state index contributed by atoms with van der Waals surface area (Å²) in [4.78, 5) is 4.72. The van der Waals surface area contributed by atoms with Crippen LogP contribution in [0.4, 0.5) is 11.4 Å². The van der Waals surface area contributed by atoms with Crippen LogP contribution in [-0.4, -0.2) is 6.17 Å². The molecule has 0 bridgehead atoms. The van der Waals surface area contributed by atoms with E-state index >= 15 is 0 Å². The Labute approximate surface area is 210 Å².